The minimum Gasteiger partial charge on any atom is -0.356 e. The van der Waals surface area contributed by atoms with Crippen molar-refractivity contribution < 1.29 is 4.92 Å². The van der Waals surface area contributed by atoms with E-state index in [1.54, 1.807) is 12.1 Å². The Morgan fingerprint density at radius 3 is 2.36 bits per heavy atom. The number of hydrogen-bond acceptors (Lipinski definition) is 10. The predicted molar refractivity (Wildman–Crippen MR) is 146 cm³/mol. The highest BCUT2D eigenvalue weighted by Crippen LogP contribution is 2.48. The van der Waals surface area contributed by atoms with Gasteiger partial charge in [-0.15, -0.1) is 0 Å². The van der Waals surface area contributed by atoms with Gasteiger partial charge in [0.15, 0.2) is 5.50 Å². The molecule has 0 N–H and O–H groups in total. The number of nitro benzene ring substituents is 1. The molecule has 1 saturated heterocycles. The molecular weight excluding hydrogens is 500 g/mol. The molecule has 0 aliphatic carbocycles. The van der Waals surface area contributed by atoms with Gasteiger partial charge in [-0.3, -0.25) is 10.1 Å². The molecular formula is C24H27ClN8O2S. The molecule has 0 spiro atoms. The molecule has 3 aliphatic heterocycles. The number of non-ortho nitro benzene ring substituents is 1. The summed E-state index contributed by atoms with van der Waals surface area (Å²) in [6.07, 6.45) is 3.37. The third-order valence-corrected chi connectivity index (χ3v) is 7.59. The Kier molecular flexibility index (Phi) is 6.60. The fourth-order valence-electron chi connectivity index (χ4n) is 4.49. The van der Waals surface area contributed by atoms with Crippen LogP contribution in [0.5, 0.6) is 0 Å². The van der Waals surface area contributed by atoms with Gasteiger partial charge in [-0.1, -0.05) is 11.6 Å². The summed E-state index contributed by atoms with van der Waals surface area (Å²) in [6, 6.07) is 6.54. The van der Waals surface area contributed by atoms with Gasteiger partial charge in [-0.05, 0) is 48.7 Å². The Balaban J connectivity index is 1.79. The number of nitrogens with zero attached hydrogens (tertiary/aromatic N) is 8. The van der Waals surface area contributed by atoms with Gasteiger partial charge < -0.3 is 14.7 Å². The van der Waals surface area contributed by atoms with E-state index >= 15 is 0 Å². The van der Waals surface area contributed by atoms with Crippen LogP contribution in [0.15, 0.2) is 44.8 Å². The molecule has 0 amide bonds. The highest BCUT2D eigenvalue weighted by Gasteiger charge is 2.37. The van der Waals surface area contributed by atoms with Crippen LogP contribution in [0.4, 0.5) is 17.5 Å². The molecule has 0 radical (unpaired) electrons. The fourth-order valence-corrected chi connectivity index (χ4v) is 5.91. The first-order valence-electron chi connectivity index (χ1n) is 11.7. The zero-order chi connectivity index (χ0) is 25.6. The van der Waals surface area contributed by atoms with Crippen LogP contribution in [-0.4, -0.2) is 77.6 Å². The van der Waals surface area contributed by atoms with Gasteiger partial charge in [0.05, 0.1) is 10.5 Å². The van der Waals surface area contributed by atoms with Crippen LogP contribution < -0.4 is 9.80 Å². The number of hydrogen-bond donors (Lipinski definition) is 0. The van der Waals surface area contributed by atoms with Gasteiger partial charge in [0.2, 0.25) is 11.9 Å². The van der Waals surface area contributed by atoms with E-state index in [9.17, 15) is 10.1 Å². The largest absolute Gasteiger partial charge is 0.356 e. The maximum absolute atomic E-state index is 11.3. The van der Waals surface area contributed by atoms with Crippen LogP contribution in [0.3, 0.4) is 0 Å². The molecule has 1 atom stereocenters. The van der Waals surface area contributed by atoms with Crippen LogP contribution >= 0.6 is 23.4 Å². The highest BCUT2D eigenvalue weighted by molar-refractivity contribution is 8.14. The normalized spacial score (nSPS) is 19.2. The van der Waals surface area contributed by atoms with Crippen molar-refractivity contribution in [3.63, 3.8) is 0 Å². The first-order valence-corrected chi connectivity index (χ1v) is 13.0. The van der Waals surface area contributed by atoms with Crippen LogP contribution in [-0.2, 0) is 0 Å². The van der Waals surface area contributed by atoms with Gasteiger partial charge in [0.25, 0.3) is 5.69 Å². The molecule has 0 bridgehead atoms. The summed E-state index contributed by atoms with van der Waals surface area (Å²) in [4.78, 5) is 36.3. The third kappa shape index (κ3) is 4.41. The van der Waals surface area contributed by atoms with E-state index in [4.69, 9.17) is 26.6 Å². The molecule has 1 unspecified atom stereocenters. The predicted octanol–water partition coefficient (Wildman–Crippen LogP) is 4.24. The summed E-state index contributed by atoms with van der Waals surface area (Å²) >= 11 is 8.37. The number of thioether (sulfide) groups is 1. The second kappa shape index (κ2) is 9.70. The van der Waals surface area contributed by atoms with Crippen molar-refractivity contribution in [2.75, 3.05) is 51.1 Å². The van der Waals surface area contributed by atoms with Crippen molar-refractivity contribution in [1.82, 2.24) is 14.9 Å². The highest BCUT2D eigenvalue weighted by atomic mass is 35.5. The van der Waals surface area contributed by atoms with Crippen LogP contribution in [0, 0.1) is 10.1 Å². The second-order valence-electron chi connectivity index (χ2n) is 9.24. The number of guanidine groups is 1. The second-order valence-corrected chi connectivity index (χ2v) is 10.6. The summed E-state index contributed by atoms with van der Waals surface area (Å²) < 4.78 is 0. The van der Waals surface area contributed by atoms with Gasteiger partial charge in [-0.2, -0.15) is 4.98 Å². The lowest BCUT2D eigenvalue weighted by Crippen LogP contribution is -2.34. The average molecular weight is 527 g/mol. The van der Waals surface area contributed by atoms with Crippen molar-refractivity contribution in [3.8, 4) is 0 Å². The summed E-state index contributed by atoms with van der Waals surface area (Å²) in [5, 5.41) is 12.8. The molecule has 3 aliphatic rings. The maximum atomic E-state index is 11.3. The summed E-state index contributed by atoms with van der Waals surface area (Å²) in [7, 11) is 7.61. The van der Waals surface area contributed by atoms with E-state index in [0.717, 1.165) is 64.1 Å². The van der Waals surface area contributed by atoms with Crippen LogP contribution in [0.2, 0.25) is 0 Å². The Bertz CT molecular complexity index is 1300. The van der Waals surface area contributed by atoms with Crippen molar-refractivity contribution >= 4 is 57.4 Å². The number of rotatable bonds is 4. The lowest BCUT2D eigenvalue weighted by atomic mass is 9.92. The number of halogens is 1. The Labute approximate surface area is 218 Å². The molecule has 10 nitrogen and oxygen atoms in total. The number of fused-ring (bicyclic) bond motifs is 2. The van der Waals surface area contributed by atoms with Crippen molar-refractivity contribution in [1.29, 1.82) is 0 Å². The molecule has 1 aromatic heterocycles. The molecule has 1 fully saturated rings. The van der Waals surface area contributed by atoms with Gasteiger partial charge >= 0.3 is 0 Å². The molecule has 4 heterocycles. The molecule has 5 rings (SSSR count). The zero-order valence-corrected chi connectivity index (χ0v) is 22.2. The Morgan fingerprint density at radius 2 is 1.75 bits per heavy atom. The maximum Gasteiger partial charge on any atom is 0.269 e. The Morgan fingerprint density at radius 1 is 1.06 bits per heavy atom. The zero-order valence-electron chi connectivity index (χ0n) is 20.6. The van der Waals surface area contributed by atoms with E-state index in [2.05, 4.69) is 9.89 Å². The number of alkyl halides is 1. The SMILES string of the molecule is CN(C)C1=NC(Cl)C2=C(c3ccc([N+](=O)[O-])cc3)c3c(nc(N(C)C)nc3N3CCCCC3)SC2=N1. The topological polar surface area (TPSA) is 103 Å². The first kappa shape index (κ1) is 24.5. The van der Waals surface area contributed by atoms with Gasteiger partial charge in [0, 0.05) is 64.6 Å². The van der Waals surface area contributed by atoms with E-state index in [-0.39, 0.29) is 5.69 Å². The van der Waals surface area contributed by atoms with Crippen LogP contribution in [0.25, 0.3) is 5.57 Å². The molecule has 188 valence electrons. The smallest absolute Gasteiger partial charge is 0.269 e. The van der Waals surface area contributed by atoms with Crippen molar-refractivity contribution in [2.45, 2.75) is 29.8 Å². The molecule has 1 aromatic carbocycles. The van der Waals surface area contributed by atoms with E-state index in [1.165, 1.54) is 30.3 Å². The van der Waals surface area contributed by atoms with Gasteiger partial charge in [-0.25, -0.2) is 15.0 Å². The summed E-state index contributed by atoms with van der Waals surface area (Å²) in [5.74, 6) is 2.00. The van der Waals surface area contributed by atoms with E-state index in [0.29, 0.717) is 11.9 Å². The summed E-state index contributed by atoms with van der Waals surface area (Å²) in [6.45, 7) is 1.80. The van der Waals surface area contributed by atoms with Gasteiger partial charge in [0.1, 0.15) is 15.9 Å². The molecule has 0 saturated carbocycles. The number of piperidine rings is 1. The fraction of sp³-hybridized carbons (Fsp3) is 0.417. The van der Waals surface area contributed by atoms with Crippen LogP contribution in [0.1, 0.15) is 30.4 Å². The monoisotopic (exact) mass is 526 g/mol. The minimum absolute atomic E-state index is 0.0260. The lowest BCUT2D eigenvalue weighted by Gasteiger charge is -2.35. The number of nitro groups is 1. The Hall–Kier alpha value is -3.18. The van der Waals surface area contributed by atoms with Crippen molar-refractivity contribution in [2.24, 2.45) is 9.98 Å². The standard InChI is InChI=1S/C24H27ClN8O2S/c1-30(2)23-26-19(25)17-16(14-8-10-15(11-9-14)33(34)35)18-20(32-12-6-5-7-13-32)27-24(31(3)4)29-22(18)36-21(17)28-23/h8-11,19H,5-7,12-13H2,1-4H3. The molecule has 2 aromatic rings. The number of aromatic nitrogens is 2. The first-order chi connectivity index (χ1) is 17.2. The number of aliphatic imine (C=N–C) groups is 2. The third-order valence-electron chi connectivity index (χ3n) is 6.28. The van der Waals surface area contributed by atoms with E-state index in [1.807, 2.05) is 38.0 Å². The number of anilines is 2. The summed E-state index contributed by atoms with van der Waals surface area (Å²) in [5.41, 5.74) is 2.61. The molecule has 12 heteroatoms. The average Bonchev–Trinajstić information content (AvgIpc) is 2.87. The quantitative estimate of drug-likeness (QED) is 0.191. The minimum atomic E-state index is -0.677. The van der Waals surface area contributed by atoms with E-state index < -0.39 is 10.4 Å². The number of benzene rings is 1. The molecule has 36 heavy (non-hydrogen) atoms. The van der Waals surface area contributed by atoms with Crippen molar-refractivity contribution in [3.05, 3.63) is 51.1 Å². The lowest BCUT2D eigenvalue weighted by molar-refractivity contribution is -0.384.